The SMILES string of the molecule is CCOC1CCS(=O)(=O)c2c1ccc(C(=O)O)c2C. The molecular formula is C13H16O5S. The van der Waals surface area contributed by atoms with Crippen molar-refractivity contribution < 1.29 is 23.1 Å². The van der Waals surface area contributed by atoms with Crippen LogP contribution in [0.3, 0.4) is 0 Å². The molecule has 1 unspecified atom stereocenters. The fourth-order valence-corrected chi connectivity index (χ4v) is 4.37. The summed E-state index contributed by atoms with van der Waals surface area (Å²) in [6.07, 6.45) is 0.139. The van der Waals surface area contributed by atoms with Crippen molar-refractivity contribution in [1.82, 2.24) is 0 Å². The second kappa shape index (κ2) is 4.94. The molecule has 1 aliphatic rings. The van der Waals surface area contributed by atoms with Gasteiger partial charge in [0.2, 0.25) is 0 Å². The van der Waals surface area contributed by atoms with Crippen LogP contribution >= 0.6 is 0 Å². The van der Waals surface area contributed by atoms with Crippen molar-refractivity contribution in [2.24, 2.45) is 0 Å². The van der Waals surface area contributed by atoms with Crippen molar-refractivity contribution in [1.29, 1.82) is 0 Å². The first kappa shape index (κ1) is 14.0. The molecule has 0 bridgehead atoms. The van der Waals surface area contributed by atoms with Crippen molar-refractivity contribution in [3.05, 3.63) is 28.8 Å². The molecule has 2 rings (SSSR count). The Kier molecular flexibility index (Phi) is 3.64. The molecule has 1 atom stereocenters. The van der Waals surface area contributed by atoms with Gasteiger partial charge in [0.15, 0.2) is 9.84 Å². The largest absolute Gasteiger partial charge is 0.478 e. The maximum atomic E-state index is 12.2. The summed E-state index contributed by atoms with van der Waals surface area (Å²) in [6.45, 7) is 3.87. The Morgan fingerprint density at radius 2 is 2.16 bits per heavy atom. The van der Waals surface area contributed by atoms with Crippen LogP contribution in [0.25, 0.3) is 0 Å². The smallest absolute Gasteiger partial charge is 0.335 e. The van der Waals surface area contributed by atoms with E-state index in [1.165, 1.54) is 13.0 Å². The maximum Gasteiger partial charge on any atom is 0.335 e. The van der Waals surface area contributed by atoms with Crippen LogP contribution < -0.4 is 0 Å². The van der Waals surface area contributed by atoms with E-state index in [-0.39, 0.29) is 22.3 Å². The van der Waals surface area contributed by atoms with Gasteiger partial charge in [-0.25, -0.2) is 13.2 Å². The molecule has 0 saturated carbocycles. The fraction of sp³-hybridized carbons (Fsp3) is 0.462. The molecule has 0 aliphatic carbocycles. The van der Waals surface area contributed by atoms with Gasteiger partial charge in [-0.2, -0.15) is 0 Å². The Morgan fingerprint density at radius 3 is 2.74 bits per heavy atom. The van der Waals surface area contributed by atoms with E-state index in [0.29, 0.717) is 24.2 Å². The van der Waals surface area contributed by atoms with Gasteiger partial charge >= 0.3 is 5.97 Å². The van der Waals surface area contributed by atoms with E-state index < -0.39 is 15.8 Å². The predicted octanol–water partition coefficient (Wildman–Crippen LogP) is 1.95. The number of carboxylic acids is 1. The molecule has 0 fully saturated rings. The summed E-state index contributed by atoms with van der Waals surface area (Å²) >= 11 is 0. The summed E-state index contributed by atoms with van der Waals surface area (Å²) in [7, 11) is -3.42. The highest BCUT2D eigenvalue weighted by molar-refractivity contribution is 7.91. The van der Waals surface area contributed by atoms with Gasteiger partial charge in [-0.3, -0.25) is 0 Å². The minimum absolute atomic E-state index is 0.00538. The van der Waals surface area contributed by atoms with Crippen molar-refractivity contribution in [2.45, 2.75) is 31.3 Å². The number of rotatable bonds is 3. The van der Waals surface area contributed by atoms with E-state index >= 15 is 0 Å². The molecule has 5 nitrogen and oxygen atoms in total. The lowest BCUT2D eigenvalue weighted by Crippen LogP contribution is -2.24. The third-order valence-corrected chi connectivity index (χ3v) is 5.28. The van der Waals surface area contributed by atoms with Crippen molar-refractivity contribution in [3.63, 3.8) is 0 Å². The van der Waals surface area contributed by atoms with E-state index in [4.69, 9.17) is 9.84 Å². The Labute approximate surface area is 112 Å². The predicted molar refractivity (Wildman–Crippen MR) is 69.2 cm³/mol. The third kappa shape index (κ3) is 2.37. The van der Waals surface area contributed by atoms with E-state index in [1.54, 1.807) is 6.07 Å². The van der Waals surface area contributed by atoms with Gasteiger partial charge in [0.25, 0.3) is 0 Å². The highest BCUT2D eigenvalue weighted by Crippen LogP contribution is 2.37. The van der Waals surface area contributed by atoms with Gasteiger partial charge < -0.3 is 9.84 Å². The molecule has 1 N–H and O–H groups in total. The van der Waals surface area contributed by atoms with Crippen LogP contribution in [-0.4, -0.2) is 31.9 Å². The number of carbonyl (C=O) groups is 1. The average Bonchev–Trinajstić information content (AvgIpc) is 2.32. The van der Waals surface area contributed by atoms with Gasteiger partial charge in [0.05, 0.1) is 22.3 Å². The average molecular weight is 284 g/mol. The second-order valence-electron chi connectivity index (χ2n) is 4.51. The Morgan fingerprint density at radius 1 is 1.47 bits per heavy atom. The van der Waals surface area contributed by atoms with Crippen LogP contribution in [0.1, 0.15) is 40.9 Å². The van der Waals surface area contributed by atoms with Gasteiger partial charge in [-0.1, -0.05) is 6.07 Å². The summed E-state index contributed by atoms with van der Waals surface area (Å²) in [5.74, 6) is -1.12. The number of benzene rings is 1. The molecule has 1 heterocycles. The van der Waals surface area contributed by atoms with E-state index in [0.717, 1.165) is 0 Å². The van der Waals surface area contributed by atoms with Crippen molar-refractivity contribution >= 4 is 15.8 Å². The van der Waals surface area contributed by atoms with Crippen LogP contribution in [0, 0.1) is 6.92 Å². The van der Waals surface area contributed by atoms with Gasteiger partial charge in [-0.05, 0) is 37.5 Å². The third-order valence-electron chi connectivity index (χ3n) is 3.34. The van der Waals surface area contributed by atoms with Gasteiger partial charge in [0, 0.05) is 6.61 Å². The summed E-state index contributed by atoms with van der Waals surface area (Å²) < 4.78 is 29.9. The number of hydrogen-bond donors (Lipinski definition) is 1. The first-order chi connectivity index (χ1) is 8.88. The van der Waals surface area contributed by atoms with Crippen LogP contribution in [0.4, 0.5) is 0 Å². The molecular weight excluding hydrogens is 268 g/mol. The summed E-state index contributed by atoms with van der Waals surface area (Å²) in [5.41, 5.74) is 0.907. The summed E-state index contributed by atoms with van der Waals surface area (Å²) in [4.78, 5) is 11.2. The lowest BCUT2D eigenvalue weighted by molar-refractivity contribution is 0.0564. The number of sulfone groups is 1. The Bertz CT molecular complexity index is 618. The molecule has 1 aliphatic heterocycles. The minimum Gasteiger partial charge on any atom is -0.478 e. The van der Waals surface area contributed by atoms with E-state index in [1.807, 2.05) is 6.92 Å². The van der Waals surface area contributed by atoms with Crippen molar-refractivity contribution in [3.8, 4) is 0 Å². The molecule has 19 heavy (non-hydrogen) atoms. The van der Waals surface area contributed by atoms with E-state index in [9.17, 15) is 13.2 Å². The monoisotopic (exact) mass is 284 g/mol. The van der Waals surface area contributed by atoms with Crippen LogP contribution in [0.5, 0.6) is 0 Å². The lowest BCUT2D eigenvalue weighted by Gasteiger charge is -2.27. The maximum absolute atomic E-state index is 12.2. The molecule has 0 saturated heterocycles. The van der Waals surface area contributed by atoms with Crippen LogP contribution in [-0.2, 0) is 14.6 Å². The van der Waals surface area contributed by atoms with Crippen molar-refractivity contribution in [2.75, 3.05) is 12.4 Å². The summed E-state index contributed by atoms with van der Waals surface area (Å²) in [6, 6.07) is 3.01. The Hall–Kier alpha value is -1.40. The first-order valence-electron chi connectivity index (χ1n) is 6.09. The standard InChI is InChI=1S/C13H16O5S/c1-3-18-11-6-7-19(16,17)12-8(2)9(13(14)15)4-5-10(11)12/h4-5,11H,3,6-7H2,1-2H3,(H,14,15). The molecule has 0 amide bonds. The number of fused-ring (bicyclic) bond motifs is 1. The second-order valence-corrected chi connectivity index (χ2v) is 6.56. The normalized spacial score (nSPS) is 20.8. The van der Waals surface area contributed by atoms with Crippen LogP contribution in [0.2, 0.25) is 0 Å². The number of hydrogen-bond acceptors (Lipinski definition) is 4. The highest BCUT2D eigenvalue weighted by Gasteiger charge is 2.33. The number of aromatic carboxylic acids is 1. The molecule has 1 aromatic carbocycles. The molecule has 1 aromatic rings. The molecule has 0 aromatic heterocycles. The lowest BCUT2D eigenvalue weighted by atomic mass is 9.99. The topological polar surface area (TPSA) is 80.7 Å². The molecule has 0 spiro atoms. The first-order valence-corrected chi connectivity index (χ1v) is 7.75. The van der Waals surface area contributed by atoms with Gasteiger partial charge in [0.1, 0.15) is 0 Å². The molecule has 104 valence electrons. The minimum atomic E-state index is -3.42. The number of ether oxygens (including phenoxy) is 1. The molecule has 0 radical (unpaired) electrons. The Balaban J connectivity index is 2.68. The zero-order chi connectivity index (χ0) is 14.2. The quantitative estimate of drug-likeness (QED) is 0.917. The van der Waals surface area contributed by atoms with Crippen LogP contribution in [0.15, 0.2) is 17.0 Å². The number of carboxylic acid groups (broad SMARTS) is 1. The van der Waals surface area contributed by atoms with E-state index in [2.05, 4.69) is 0 Å². The van der Waals surface area contributed by atoms with Gasteiger partial charge in [-0.15, -0.1) is 0 Å². The zero-order valence-electron chi connectivity index (χ0n) is 10.8. The summed E-state index contributed by atoms with van der Waals surface area (Å²) in [5, 5.41) is 9.08. The fourth-order valence-electron chi connectivity index (χ4n) is 2.50. The molecule has 6 heteroatoms. The zero-order valence-corrected chi connectivity index (χ0v) is 11.7. The highest BCUT2D eigenvalue weighted by atomic mass is 32.2.